The van der Waals surface area contributed by atoms with Crippen molar-refractivity contribution in [2.45, 2.75) is 19.8 Å². The average Bonchev–Trinajstić information content (AvgIpc) is 2.30. The number of benzene rings is 1. The fraction of sp³-hybridized carbons (Fsp3) is 0.231. The van der Waals surface area contributed by atoms with Crippen LogP contribution in [0.15, 0.2) is 41.0 Å². The topological polar surface area (TPSA) is 25.8 Å². The Morgan fingerprint density at radius 2 is 1.75 bits per heavy atom. The Balaban J connectivity index is 2.40. The second-order valence-electron chi connectivity index (χ2n) is 3.97. The van der Waals surface area contributed by atoms with E-state index in [9.17, 15) is 0 Å². The van der Waals surface area contributed by atoms with Gasteiger partial charge in [0.25, 0.3) is 0 Å². The standard InChI is InChI=1S/C13H13BrN2/c1-9(2)12-7-8-15-13(16-12)10-3-5-11(14)6-4-10/h3-9H,1-2H3. The van der Waals surface area contributed by atoms with Gasteiger partial charge in [-0.3, -0.25) is 0 Å². The van der Waals surface area contributed by atoms with Crippen LogP contribution in [0.2, 0.25) is 0 Å². The van der Waals surface area contributed by atoms with E-state index in [0.29, 0.717) is 5.92 Å². The minimum atomic E-state index is 0.428. The van der Waals surface area contributed by atoms with Gasteiger partial charge in [0.2, 0.25) is 0 Å². The van der Waals surface area contributed by atoms with Gasteiger partial charge in [0, 0.05) is 21.9 Å². The Bertz CT molecular complexity index is 478. The van der Waals surface area contributed by atoms with Crippen molar-refractivity contribution < 1.29 is 0 Å². The summed E-state index contributed by atoms with van der Waals surface area (Å²) >= 11 is 3.41. The van der Waals surface area contributed by atoms with Crippen LogP contribution < -0.4 is 0 Å². The molecule has 0 N–H and O–H groups in total. The van der Waals surface area contributed by atoms with E-state index in [-0.39, 0.29) is 0 Å². The molecule has 0 spiro atoms. The van der Waals surface area contributed by atoms with Gasteiger partial charge in [-0.15, -0.1) is 0 Å². The van der Waals surface area contributed by atoms with E-state index in [1.54, 1.807) is 0 Å². The maximum Gasteiger partial charge on any atom is 0.159 e. The van der Waals surface area contributed by atoms with Crippen LogP contribution in [-0.2, 0) is 0 Å². The second-order valence-corrected chi connectivity index (χ2v) is 4.88. The molecule has 16 heavy (non-hydrogen) atoms. The zero-order chi connectivity index (χ0) is 11.5. The minimum absolute atomic E-state index is 0.428. The van der Waals surface area contributed by atoms with E-state index in [1.165, 1.54) is 0 Å². The number of hydrogen-bond donors (Lipinski definition) is 0. The van der Waals surface area contributed by atoms with Gasteiger partial charge >= 0.3 is 0 Å². The Kier molecular flexibility index (Phi) is 3.34. The molecule has 0 aliphatic rings. The number of aromatic nitrogens is 2. The van der Waals surface area contributed by atoms with E-state index in [4.69, 9.17) is 0 Å². The summed E-state index contributed by atoms with van der Waals surface area (Å²) in [4.78, 5) is 8.84. The van der Waals surface area contributed by atoms with Crippen molar-refractivity contribution in [3.63, 3.8) is 0 Å². The molecule has 0 bridgehead atoms. The van der Waals surface area contributed by atoms with Gasteiger partial charge in [0.1, 0.15) is 0 Å². The molecule has 0 atom stereocenters. The van der Waals surface area contributed by atoms with Gasteiger partial charge in [0.05, 0.1) is 0 Å². The highest BCUT2D eigenvalue weighted by molar-refractivity contribution is 9.10. The van der Waals surface area contributed by atoms with Gasteiger partial charge in [-0.1, -0.05) is 41.9 Å². The Labute approximate surface area is 104 Å². The molecule has 1 aromatic carbocycles. The maximum absolute atomic E-state index is 4.55. The van der Waals surface area contributed by atoms with E-state index >= 15 is 0 Å². The first-order valence-electron chi connectivity index (χ1n) is 5.25. The molecule has 82 valence electrons. The van der Waals surface area contributed by atoms with Crippen LogP contribution in [0.1, 0.15) is 25.5 Å². The fourth-order valence-corrected chi connectivity index (χ4v) is 1.70. The van der Waals surface area contributed by atoms with Crippen molar-refractivity contribution in [3.8, 4) is 11.4 Å². The number of rotatable bonds is 2. The molecule has 0 aliphatic carbocycles. The first-order valence-corrected chi connectivity index (χ1v) is 6.05. The van der Waals surface area contributed by atoms with Crippen molar-refractivity contribution in [3.05, 3.63) is 46.7 Å². The Morgan fingerprint density at radius 3 is 2.38 bits per heavy atom. The van der Waals surface area contributed by atoms with E-state index in [2.05, 4.69) is 39.7 Å². The third-order valence-electron chi connectivity index (χ3n) is 2.37. The zero-order valence-corrected chi connectivity index (χ0v) is 10.9. The fourth-order valence-electron chi connectivity index (χ4n) is 1.43. The quantitative estimate of drug-likeness (QED) is 0.828. The van der Waals surface area contributed by atoms with Crippen LogP contribution in [-0.4, -0.2) is 9.97 Å². The van der Waals surface area contributed by atoms with Crippen LogP contribution in [0, 0.1) is 0 Å². The number of halogens is 1. The summed E-state index contributed by atoms with van der Waals surface area (Å²) in [5, 5.41) is 0. The van der Waals surface area contributed by atoms with Gasteiger partial charge < -0.3 is 0 Å². The SMILES string of the molecule is CC(C)c1ccnc(-c2ccc(Br)cc2)n1. The summed E-state index contributed by atoms with van der Waals surface area (Å²) in [6, 6.07) is 10.0. The molecule has 2 nitrogen and oxygen atoms in total. The molecular weight excluding hydrogens is 264 g/mol. The molecule has 1 heterocycles. The van der Waals surface area contributed by atoms with Crippen molar-refractivity contribution in [1.29, 1.82) is 0 Å². The van der Waals surface area contributed by atoms with E-state index in [0.717, 1.165) is 21.6 Å². The lowest BCUT2D eigenvalue weighted by molar-refractivity contribution is 0.816. The molecule has 1 aromatic heterocycles. The highest BCUT2D eigenvalue weighted by atomic mass is 79.9. The number of nitrogens with zero attached hydrogens (tertiary/aromatic N) is 2. The Hall–Kier alpha value is -1.22. The molecule has 2 rings (SSSR count). The third-order valence-corrected chi connectivity index (χ3v) is 2.90. The highest BCUT2D eigenvalue weighted by Gasteiger charge is 2.04. The molecule has 0 radical (unpaired) electrons. The van der Waals surface area contributed by atoms with Gasteiger partial charge in [-0.25, -0.2) is 9.97 Å². The lowest BCUT2D eigenvalue weighted by Crippen LogP contribution is -1.96. The smallest absolute Gasteiger partial charge is 0.159 e. The predicted molar refractivity (Wildman–Crippen MR) is 69.3 cm³/mol. The van der Waals surface area contributed by atoms with Gasteiger partial charge in [-0.05, 0) is 24.1 Å². The largest absolute Gasteiger partial charge is 0.237 e. The maximum atomic E-state index is 4.55. The van der Waals surface area contributed by atoms with Crippen molar-refractivity contribution in [1.82, 2.24) is 9.97 Å². The zero-order valence-electron chi connectivity index (χ0n) is 9.31. The first kappa shape index (κ1) is 11.3. The lowest BCUT2D eigenvalue weighted by Gasteiger charge is -2.06. The second kappa shape index (κ2) is 4.74. The first-order chi connectivity index (χ1) is 7.66. The van der Waals surface area contributed by atoms with E-state index in [1.807, 2.05) is 36.5 Å². The van der Waals surface area contributed by atoms with E-state index < -0.39 is 0 Å². The van der Waals surface area contributed by atoms with Crippen molar-refractivity contribution in [2.75, 3.05) is 0 Å². The molecular formula is C13H13BrN2. The van der Waals surface area contributed by atoms with Crippen LogP contribution in [0.5, 0.6) is 0 Å². The van der Waals surface area contributed by atoms with Crippen LogP contribution in [0.3, 0.4) is 0 Å². The summed E-state index contributed by atoms with van der Waals surface area (Å²) in [6.45, 7) is 4.27. The molecule has 0 fully saturated rings. The van der Waals surface area contributed by atoms with Crippen LogP contribution >= 0.6 is 15.9 Å². The van der Waals surface area contributed by atoms with Gasteiger partial charge in [-0.2, -0.15) is 0 Å². The molecule has 3 heteroatoms. The molecule has 2 aromatic rings. The third kappa shape index (κ3) is 2.47. The predicted octanol–water partition coefficient (Wildman–Crippen LogP) is 4.03. The van der Waals surface area contributed by atoms with Crippen molar-refractivity contribution in [2.24, 2.45) is 0 Å². The highest BCUT2D eigenvalue weighted by Crippen LogP contribution is 2.20. The molecule has 0 amide bonds. The number of hydrogen-bond acceptors (Lipinski definition) is 2. The molecule has 0 aliphatic heterocycles. The Morgan fingerprint density at radius 1 is 1.06 bits per heavy atom. The minimum Gasteiger partial charge on any atom is -0.237 e. The van der Waals surface area contributed by atoms with Crippen molar-refractivity contribution >= 4 is 15.9 Å². The summed E-state index contributed by atoms with van der Waals surface area (Å²) in [5.41, 5.74) is 2.12. The lowest BCUT2D eigenvalue weighted by atomic mass is 10.1. The summed E-state index contributed by atoms with van der Waals surface area (Å²) < 4.78 is 1.07. The average molecular weight is 277 g/mol. The summed E-state index contributed by atoms with van der Waals surface area (Å²) in [6.07, 6.45) is 1.82. The monoisotopic (exact) mass is 276 g/mol. The summed E-state index contributed by atoms with van der Waals surface area (Å²) in [7, 11) is 0. The summed E-state index contributed by atoms with van der Waals surface area (Å²) in [5.74, 6) is 1.22. The molecule has 0 unspecified atom stereocenters. The normalized spacial score (nSPS) is 10.8. The molecule has 0 saturated carbocycles. The van der Waals surface area contributed by atoms with Crippen LogP contribution in [0.25, 0.3) is 11.4 Å². The van der Waals surface area contributed by atoms with Crippen LogP contribution in [0.4, 0.5) is 0 Å². The van der Waals surface area contributed by atoms with Gasteiger partial charge in [0.15, 0.2) is 5.82 Å². The molecule has 0 saturated heterocycles.